The lowest BCUT2D eigenvalue weighted by Crippen LogP contribution is -1.98. The third-order valence-electron chi connectivity index (χ3n) is 2.86. The maximum Gasteiger partial charge on any atom is 0.113 e. The zero-order valence-corrected chi connectivity index (χ0v) is 12.1. The molecular weight excluding hydrogens is 276 g/mol. The first-order valence-corrected chi connectivity index (χ1v) is 7.26. The first-order valence-electron chi connectivity index (χ1n) is 6.06. The molecular formula is C15H13ClN2S. The minimum atomic E-state index is 0.721. The van der Waals surface area contributed by atoms with Gasteiger partial charge in [0.1, 0.15) is 5.01 Å². The number of nitrogens with one attached hydrogen (secondary N) is 1. The number of halogens is 1. The number of hydrogen-bond acceptors (Lipinski definition) is 3. The first kappa shape index (κ1) is 12.5. The molecule has 1 aromatic heterocycles. The standard InChI is InChI=1S/C15H13ClN2S/c1-10-5-6-13-14(7-10)19-15(18-13)9-17-12-4-2-3-11(16)8-12/h2-8,17H,9H2,1H3. The van der Waals surface area contributed by atoms with Crippen molar-refractivity contribution in [2.24, 2.45) is 0 Å². The second-order valence-electron chi connectivity index (χ2n) is 4.44. The van der Waals surface area contributed by atoms with Crippen LogP contribution in [0, 0.1) is 6.92 Å². The molecule has 0 saturated carbocycles. The van der Waals surface area contributed by atoms with E-state index >= 15 is 0 Å². The smallest absolute Gasteiger partial charge is 0.113 e. The fourth-order valence-corrected chi connectivity index (χ4v) is 3.13. The second-order valence-corrected chi connectivity index (χ2v) is 5.99. The molecule has 96 valence electrons. The van der Waals surface area contributed by atoms with Crippen LogP contribution in [0.4, 0.5) is 5.69 Å². The maximum absolute atomic E-state index is 5.96. The Balaban J connectivity index is 1.78. The third-order valence-corrected chi connectivity index (χ3v) is 4.11. The zero-order chi connectivity index (χ0) is 13.2. The van der Waals surface area contributed by atoms with Crippen molar-refractivity contribution < 1.29 is 0 Å². The SMILES string of the molecule is Cc1ccc2nc(CNc3cccc(Cl)c3)sc2c1. The van der Waals surface area contributed by atoms with Crippen LogP contribution >= 0.6 is 22.9 Å². The van der Waals surface area contributed by atoms with Gasteiger partial charge in [-0.2, -0.15) is 0 Å². The van der Waals surface area contributed by atoms with Crippen molar-refractivity contribution in [1.29, 1.82) is 0 Å². The molecule has 0 bridgehead atoms. The Labute approximate surface area is 121 Å². The fourth-order valence-electron chi connectivity index (χ4n) is 1.93. The normalized spacial score (nSPS) is 10.8. The minimum Gasteiger partial charge on any atom is -0.378 e. The van der Waals surface area contributed by atoms with Crippen LogP contribution < -0.4 is 5.32 Å². The molecule has 3 rings (SSSR count). The molecule has 0 saturated heterocycles. The molecule has 0 atom stereocenters. The van der Waals surface area contributed by atoms with Crippen LogP contribution in [-0.2, 0) is 6.54 Å². The Morgan fingerprint density at radius 1 is 1.21 bits per heavy atom. The lowest BCUT2D eigenvalue weighted by atomic mass is 10.2. The Bertz CT molecular complexity index is 721. The van der Waals surface area contributed by atoms with Gasteiger partial charge in [0.2, 0.25) is 0 Å². The number of rotatable bonds is 3. The van der Waals surface area contributed by atoms with Crippen LogP contribution in [0.25, 0.3) is 10.2 Å². The van der Waals surface area contributed by atoms with Crippen molar-refractivity contribution in [3.8, 4) is 0 Å². The summed E-state index contributed by atoms with van der Waals surface area (Å²) in [5.41, 5.74) is 3.35. The molecule has 0 unspecified atom stereocenters. The lowest BCUT2D eigenvalue weighted by Gasteiger charge is -2.03. The van der Waals surface area contributed by atoms with Crippen LogP contribution in [0.2, 0.25) is 5.02 Å². The first-order chi connectivity index (χ1) is 9.20. The van der Waals surface area contributed by atoms with Gasteiger partial charge in [0.05, 0.1) is 16.8 Å². The Morgan fingerprint density at radius 2 is 2.11 bits per heavy atom. The van der Waals surface area contributed by atoms with Gasteiger partial charge in [-0.25, -0.2) is 4.98 Å². The van der Waals surface area contributed by atoms with Crippen LogP contribution in [0.15, 0.2) is 42.5 Å². The Kier molecular flexibility index (Phi) is 3.40. The minimum absolute atomic E-state index is 0.721. The van der Waals surface area contributed by atoms with Gasteiger partial charge in [-0.3, -0.25) is 0 Å². The monoisotopic (exact) mass is 288 g/mol. The van der Waals surface area contributed by atoms with Gasteiger partial charge in [-0.1, -0.05) is 23.7 Å². The van der Waals surface area contributed by atoms with Gasteiger partial charge in [0.15, 0.2) is 0 Å². The number of thiazole rings is 1. The second kappa shape index (κ2) is 5.19. The summed E-state index contributed by atoms with van der Waals surface area (Å²) in [6, 6.07) is 14.1. The van der Waals surface area contributed by atoms with E-state index in [1.54, 1.807) is 11.3 Å². The summed E-state index contributed by atoms with van der Waals surface area (Å²) in [6.45, 7) is 2.82. The van der Waals surface area contributed by atoms with Crippen molar-refractivity contribution >= 4 is 38.8 Å². The summed E-state index contributed by atoms with van der Waals surface area (Å²) < 4.78 is 1.24. The summed E-state index contributed by atoms with van der Waals surface area (Å²) in [7, 11) is 0. The highest BCUT2D eigenvalue weighted by Gasteiger charge is 2.03. The highest BCUT2D eigenvalue weighted by Crippen LogP contribution is 2.24. The summed E-state index contributed by atoms with van der Waals surface area (Å²) in [5.74, 6) is 0. The summed E-state index contributed by atoms with van der Waals surface area (Å²) >= 11 is 7.68. The number of aromatic nitrogens is 1. The van der Waals surface area contributed by atoms with E-state index < -0.39 is 0 Å². The van der Waals surface area contributed by atoms with E-state index in [9.17, 15) is 0 Å². The predicted molar refractivity (Wildman–Crippen MR) is 83.1 cm³/mol. The van der Waals surface area contributed by atoms with Crippen molar-refractivity contribution in [3.05, 3.63) is 58.1 Å². The van der Waals surface area contributed by atoms with Crippen LogP contribution in [0.3, 0.4) is 0 Å². The lowest BCUT2D eigenvalue weighted by molar-refractivity contribution is 1.12. The number of aryl methyl sites for hydroxylation is 1. The molecule has 4 heteroatoms. The molecule has 0 fully saturated rings. The average molecular weight is 289 g/mol. The molecule has 3 aromatic rings. The molecule has 1 heterocycles. The van der Waals surface area contributed by atoms with Gasteiger partial charge in [-0.05, 0) is 42.8 Å². The number of nitrogens with zero attached hydrogens (tertiary/aromatic N) is 1. The van der Waals surface area contributed by atoms with Crippen molar-refractivity contribution in [1.82, 2.24) is 4.98 Å². The Hall–Kier alpha value is -1.58. The van der Waals surface area contributed by atoms with E-state index in [2.05, 4.69) is 35.4 Å². The van der Waals surface area contributed by atoms with Gasteiger partial charge in [-0.15, -0.1) is 11.3 Å². The van der Waals surface area contributed by atoms with E-state index in [0.717, 1.165) is 27.8 Å². The number of anilines is 1. The highest BCUT2D eigenvalue weighted by molar-refractivity contribution is 7.18. The summed E-state index contributed by atoms with van der Waals surface area (Å²) in [6.07, 6.45) is 0. The topological polar surface area (TPSA) is 24.9 Å². The van der Waals surface area contributed by atoms with Gasteiger partial charge >= 0.3 is 0 Å². The average Bonchev–Trinajstić information content (AvgIpc) is 2.78. The van der Waals surface area contributed by atoms with E-state index in [1.165, 1.54) is 10.3 Å². The fraction of sp³-hybridized carbons (Fsp3) is 0.133. The molecule has 0 spiro atoms. The maximum atomic E-state index is 5.96. The van der Waals surface area contributed by atoms with Crippen LogP contribution in [0.1, 0.15) is 10.6 Å². The molecule has 19 heavy (non-hydrogen) atoms. The Morgan fingerprint density at radius 3 is 2.95 bits per heavy atom. The zero-order valence-electron chi connectivity index (χ0n) is 10.5. The van der Waals surface area contributed by atoms with E-state index in [1.807, 2.05) is 24.3 Å². The van der Waals surface area contributed by atoms with E-state index in [4.69, 9.17) is 11.6 Å². The molecule has 1 N–H and O–H groups in total. The van der Waals surface area contributed by atoms with Crippen LogP contribution in [-0.4, -0.2) is 4.98 Å². The number of hydrogen-bond donors (Lipinski definition) is 1. The molecule has 0 amide bonds. The highest BCUT2D eigenvalue weighted by atomic mass is 35.5. The van der Waals surface area contributed by atoms with E-state index in [-0.39, 0.29) is 0 Å². The molecule has 0 aliphatic heterocycles. The summed E-state index contributed by atoms with van der Waals surface area (Å²) in [5, 5.41) is 5.17. The molecule has 0 radical (unpaired) electrons. The third kappa shape index (κ3) is 2.88. The van der Waals surface area contributed by atoms with Crippen LogP contribution in [0.5, 0.6) is 0 Å². The quantitative estimate of drug-likeness (QED) is 0.744. The number of fused-ring (bicyclic) bond motifs is 1. The van der Waals surface area contributed by atoms with Crippen molar-refractivity contribution in [3.63, 3.8) is 0 Å². The predicted octanol–water partition coefficient (Wildman–Crippen LogP) is 4.87. The number of benzene rings is 2. The summed E-state index contributed by atoms with van der Waals surface area (Å²) in [4.78, 5) is 4.61. The van der Waals surface area contributed by atoms with Crippen molar-refractivity contribution in [2.45, 2.75) is 13.5 Å². The molecule has 0 aliphatic carbocycles. The molecule has 2 nitrogen and oxygen atoms in total. The van der Waals surface area contributed by atoms with Gasteiger partial charge in [0, 0.05) is 10.7 Å². The largest absolute Gasteiger partial charge is 0.378 e. The van der Waals surface area contributed by atoms with Gasteiger partial charge in [0.25, 0.3) is 0 Å². The molecule has 0 aliphatic rings. The van der Waals surface area contributed by atoms with Crippen molar-refractivity contribution in [2.75, 3.05) is 5.32 Å². The van der Waals surface area contributed by atoms with Gasteiger partial charge < -0.3 is 5.32 Å². The van der Waals surface area contributed by atoms with E-state index in [0.29, 0.717) is 0 Å². The molecule has 2 aromatic carbocycles.